The molecule has 1 aromatic rings. The van der Waals surface area contributed by atoms with Crippen LogP contribution in [0.25, 0.3) is 5.44 Å². The van der Waals surface area contributed by atoms with Crippen LogP contribution >= 0.6 is 29.1 Å². The highest BCUT2D eigenvalue weighted by Crippen LogP contribution is 2.55. The number of aromatic nitrogens is 1. The third-order valence-corrected chi connectivity index (χ3v) is 3.83. The van der Waals surface area contributed by atoms with Gasteiger partial charge in [-0.2, -0.15) is 4.57 Å². The second-order valence-corrected chi connectivity index (χ2v) is 6.63. The van der Waals surface area contributed by atoms with E-state index in [9.17, 15) is 5.11 Å². The normalized spacial score (nSPS) is 12.5. The summed E-state index contributed by atoms with van der Waals surface area (Å²) in [5, 5.41) is 11.8. The molecule has 0 unspecified atom stereocenters. The molecule has 0 aliphatic heterocycles. The van der Waals surface area contributed by atoms with Crippen LogP contribution in [-0.2, 0) is 11.2 Å². The predicted octanol–water partition coefficient (Wildman–Crippen LogP) is 2.81. The van der Waals surface area contributed by atoms with Gasteiger partial charge in [-0.1, -0.05) is 42.4 Å². The van der Waals surface area contributed by atoms with Crippen molar-refractivity contribution in [3.63, 3.8) is 0 Å². The van der Waals surface area contributed by atoms with E-state index in [1.54, 1.807) is 17.7 Å². The van der Waals surface area contributed by atoms with Gasteiger partial charge in [-0.05, 0) is 6.61 Å². The highest BCUT2D eigenvalue weighted by Gasteiger charge is 2.24. The van der Waals surface area contributed by atoms with Gasteiger partial charge in [0.15, 0.2) is 18.5 Å². The van der Waals surface area contributed by atoms with Gasteiger partial charge < -0.3 is 9.84 Å². The molecule has 0 fully saturated rings. The molecule has 0 amide bonds. The summed E-state index contributed by atoms with van der Waals surface area (Å²) in [5.74, 6) is -0.463. The Bertz CT molecular complexity index is 410. The van der Waals surface area contributed by atoms with Gasteiger partial charge in [0.2, 0.25) is 0 Å². The molecule has 0 spiro atoms. The summed E-state index contributed by atoms with van der Waals surface area (Å²) in [4.78, 5) is 0. The lowest BCUT2D eigenvalue weighted by Gasteiger charge is -2.15. The molecule has 6 heteroatoms. The van der Waals surface area contributed by atoms with E-state index >= 15 is 0 Å². The Hall–Kier alpha value is -0.500. The minimum Gasteiger partial charge on any atom is -0.609 e. The van der Waals surface area contributed by atoms with E-state index in [2.05, 4.69) is 0 Å². The topological polar surface area (TPSA) is 36.2 Å². The van der Waals surface area contributed by atoms with Crippen molar-refractivity contribution in [2.75, 3.05) is 6.61 Å². The summed E-state index contributed by atoms with van der Waals surface area (Å²) in [6.45, 7) is 2.48. The quantitative estimate of drug-likeness (QED) is 0.475. The van der Waals surface area contributed by atoms with Crippen LogP contribution in [0.2, 0.25) is 0 Å². The van der Waals surface area contributed by atoms with Crippen LogP contribution in [0.1, 0.15) is 19.5 Å². The van der Waals surface area contributed by atoms with Crippen molar-refractivity contribution < 1.29 is 14.4 Å². The Balaban J connectivity index is 3.28. The van der Waals surface area contributed by atoms with E-state index in [0.29, 0.717) is 12.0 Å². The van der Waals surface area contributed by atoms with E-state index in [-0.39, 0.29) is 0 Å². The van der Waals surface area contributed by atoms with Crippen molar-refractivity contribution in [3.8, 4) is 0 Å². The average Bonchev–Trinajstić information content (AvgIpc) is 2.30. The van der Waals surface area contributed by atoms with Gasteiger partial charge in [0.05, 0.1) is 0 Å². The molecule has 1 rings (SSSR count). The van der Waals surface area contributed by atoms with E-state index in [0.717, 1.165) is 12.1 Å². The second kappa shape index (κ2) is 7.05. The summed E-state index contributed by atoms with van der Waals surface area (Å²) in [5.41, 5.74) is 1.26. The van der Waals surface area contributed by atoms with E-state index in [1.807, 2.05) is 25.1 Å². The van der Waals surface area contributed by atoms with Crippen LogP contribution in [0.15, 0.2) is 30.3 Å². The van der Waals surface area contributed by atoms with Crippen LogP contribution in [0, 0.1) is 0 Å². The molecular formula is C11H14Cl2NO2P. The Morgan fingerprint density at radius 2 is 2.12 bits per heavy atom. The second-order valence-electron chi connectivity index (χ2n) is 3.19. The third-order valence-electron chi connectivity index (χ3n) is 2.15. The van der Waals surface area contributed by atoms with Crippen molar-refractivity contribution in [2.24, 2.45) is 0 Å². The molecular weight excluding hydrogens is 280 g/mol. The fraction of sp³-hybridized carbons (Fsp3) is 0.364. The first-order chi connectivity index (χ1) is 8.11. The zero-order valence-electron chi connectivity index (χ0n) is 9.69. The maximum atomic E-state index is 11.8. The highest BCUT2D eigenvalue weighted by molar-refractivity contribution is 8.10. The van der Waals surface area contributed by atoms with Crippen molar-refractivity contribution in [1.82, 2.24) is 0 Å². The van der Waals surface area contributed by atoms with Crippen LogP contribution < -0.4 is 9.67 Å². The largest absolute Gasteiger partial charge is 0.609 e. The van der Waals surface area contributed by atoms with Gasteiger partial charge in [0, 0.05) is 18.6 Å². The lowest BCUT2D eigenvalue weighted by Crippen LogP contribution is -2.38. The molecule has 0 saturated heterocycles. The first-order valence-corrected chi connectivity index (χ1v) is 8.42. The first-order valence-electron chi connectivity index (χ1n) is 5.27. The standard InChI is InChI=1S/C11H14Cl2NO2P/c1-3-9-7-5-6-8-14(9)10(17(12)13)11(15)16-4-2/h5-8H,3-4H2,1-2H3/b11-10-. The molecule has 0 bridgehead atoms. The molecule has 3 nitrogen and oxygen atoms in total. The molecule has 0 aliphatic carbocycles. The molecule has 1 heterocycles. The third kappa shape index (κ3) is 3.74. The number of halogens is 2. The van der Waals surface area contributed by atoms with Crippen molar-refractivity contribution >= 4 is 34.5 Å². The first kappa shape index (κ1) is 14.6. The summed E-state index contributed by atoms with van der Waals surface area (Å²) in [6.07, 6.45) is 2.55. The Morgan fingerprint density at radius 3 is 2.65 bits per heavy atom. The molecule has 0 N–H and O–H groups in total. The van der Waals surface area contributed by atoms with Crippen LogP contribution in [0.4, 0.5) is 0 Å². The molecule has 0 saturated carbocycles. The maximum Gasteiger partial charge on any atom is 0.260 e. The summed E-state index contributed by atoms with van der Waals surface area (Å²) < 4.78 is 6.68. The number of hydrogen-bond donors (Lipinski definition) is 0. The molecule has 0 radical (unpaired) electrons. The van der Waals surface area contributed by atoms with E-state index in [1.165, 1.54) is 0 Å². The van der Waals surface area contributed by atoms with Crippen LogP contribution in [-0.4, -0.2) is 6.61 Å². The predicted molar refractivity (Wildman–Crippen MR) is 69.5 cm³/mol. The van der Waals surface area contributed by atoms with Gasteiger partial charge in [-0.25, -0.2) is 0 Å². The van der Waals surface area contributed by atoms with Crippen molar-refractivity contribution in [1.29, 1.82) is 0 Å². The van der Waals surface area contributed by atoms with Crippen molar-refractivity contribution in [2.45, 2.75) is 20.3 Å². The number of aryl methyl sites for hydroxylation is 1. The van der Waals surface area contributed by atoms with Gasteiger partial charge in [0.25, 0.3) is 5.44 Å². The number of nitrogens with zero attached hydrogens (tertiary/aromatic N) is 1. The fourth-order valence-corrected chi connectivity index (χ4v) is 2.88. The number of pyridine rings is 1. The Labute approximate surface area is 112 Å². The van der Waals surface area contributed by atoms with E-state index in [4.69, 9.17) is 27.2 Å². The smallest absolute Gasteiger partial charge is 0.260 e. The Kier molecular flexibility index (Phi) is 6.04. The molecule has 94 valence electrons. The highest BCUT2D eigenvalue weighted by atomic mass is 35.9. The number of hydrogen-bond acceptors (Lipinski definition) is 2. The summed E-state index contributed by atoms with van der Waals surface area (Å²) in [7, 11) is 0. The minimum atomic E-state index is -1.56. The maximum absolute atomic E-state index is 11.8. The van der Waals surface area contributed by atoms with Crippen LogP contribution in [0.5, 0.6) is 0 Å². The summed E-state index contributed by atoms with van der Waals surface area (Å²) >= 11 is 11.8. The summed E-state index contributed by atoms with van der Waals surface area (Å²) in [6, 6.07) is 5.65. The molecule has 0 atom stereocenters. The minimum absolute atomic E-state index is 0.294. The zero-order chi connectivity index (χ0) is 12.8. The van der Waals surface area contributed by atoms with E-state index < -0.39 is 12.6 Å². The molecule has 0 aromatic carbocycles. The fourth-order valence-electron chi connectivity index (χ4n) is 1.42. The average molecular weight is 294 g/mol. The lowest BCUT2D eigenvalue weighted by molar-refractivity contribution is -0.589. The number of rotatable bonds is 5. The SMILES string of the molecule is CCO/C([O-])=C(/[n+]1ccccc1CC)P(Cl)Cl. The van der Waals surface area contributed by atoms with Crippen LogP contribution in [0.3, 0.4) is 0 Å². The molecule has 1 aromatic heterocycles. The van der Waals surface area contributed by atoms with Crippen molar-refractivity contribution in [3.05, 3.63) is 36.0 Å². The zero-order valence-corrected chi connectivity index (χ0v) is 12.1. The van der Waals surface area contributed by atoms with Gasteiger partial charge >= 0.3 is 0 Å². The lowest BCUT2D eigenvalue weighted by atomic mass is 10.3. The Morgan fingerprint density at radius 1 is 1.41 bits per heavy atom. The number of ether oxygens (including phenoxy) is 1. The monoisotopic (exact) mass is 293 g/mol. The van der Waals surface area contributed by atoms with Gasteiger partial charge in [-0.15, -0.1) is 0 Å². The molecule has 17 heavy (non-hydrogen) atoms. The molecule has 0 aliphatic rings. The van der Waals surface area contributed by atoms with Gasteiger partial charge in [-0.3, -0.25) is 0 Å². The van der Waals surface area contributed by atoms with Gasteiger partial charge in [0.1, 0.15) is 5.95 Å².